The van der Waals surface area contributed by atoms with Gasteiger partial charge in [-0.3, -0.25) is 4.98 Å². The van der Waals surface area contributed by atoms with Gasteiger partial charge in [0.25, 0.3) is 0 Å². The molecule has 21 heavy (non-hydrogen) atoms. The molecule has 0 fully saturated rings. The lowest BCUT2D eigenvalue weighted by Crippen LogP contribution is -2.13. The second-order valence-corrected chi connectivity index (χ2v) is 4.87. The molecule has 1 aromatic heterocycles. The molecular weight excluding hydrogens is 270 g/mol. The summed E-state index contributed by atoms with van der Waals surface area (Å²) in [6.45, 7) is 0.990. The molecule has 0 saturated heterocycles. The van der Waals surface area contributed by atoms with Crippen molar-refractivity contribution in [1.29, 1.82) is 0 Å². The van der Waals surface area contributed by atoms with Gasteiger partial charge < -0.3 is 5.32 Å². The molecule has 0 radical (unpaired) electrons. The Morgan fingerprint density at radius 3 is 2.48 bits per heavy atom. The number of nitrogens with zero attached hydrogens (tertiary/aromatic N) is 1. The number of hydrogen-bond donors (Lipinski definition) is 1. The Balaban J connectivity index is 1.72. The van der Waals surface area contributed by atoms with Crippen molar-refractivity contribution in [3.8, 4) is 0 Å². The summed E-state index contributed by atoms with van der Waals surface area (Å²) in [5.41, 5.74) is 2.59. The zero-order chi connectivity index (χ0) is 14.7. The van der Waals surface area contributed by atoms with Gasteiger partial charge in [-0.2, -0.15) is 0 Å². The van der Waals surface area contributed by atoms with Crippen LogP contribution in [0.25, 0.3) is 10.9 Å². The summed E-state index contributed by atoms with van der Waals surface area (Å²) >= 11 is 0. The standard InChI is InChI=1S/C17H14F2N2/c18-15-7-12(8-16(19)9-15)10-20-11-14-4-1-3-13-5-2-6-21-17(13)14/h1-9,20H,10-11H2. The minimum absolute atomic E-state index is 0.401. The third-order valence-electron chi connectivity index (χ3n) is 3.28. The molecule has 0 unspecified atom stereocenters. The fourth-order valence-corrected chi connectivity index (χ4v) is 2.36. The highest BCUT2D eigenvalue weighted by atomic mass is 19.1. The maximum Gasteiger partial charge on any atom is 0.126 e. The maximum atomic E-state index is 13.1. The maximum absolute atomic E-state index is 13.1. The van der Waals surface area contributed by atoms with Crippen LogP contribution in [0.3, 0.4) is 0 Å². The molecule has 3 aromatic rings. The summed E-state index contributed by atoms with van der Waals surface area (Å²) in [6.07, 6.45) is 1.76. The van der Waals surface area contributed by atoms with Crippen molar-refractivity contribution in [1.82, 2.24) is 10.3 Å². The number of pyridine rings is 1. The minimum Gasteiger partial charge on any atom is -0.309 e. The van der Waals surface area contributed by atoms with Crippen LogP contribution in [0.2, 0.25) is 0 Å². The minimum atomic E-state index is -0.557. The Bertz CT molecular complexity index is 746. The number of hydrogen-bond acceptors (Lipinski definition) is 2. The Labute approximate surface area is 121 Å². The molecule has 0 saturated carbocycles. The first kappa shape index (κ1) is 13.6. The molecule has 106 valence electrons. The lowest BCUT2D eigenvalue weighted by molar-refractivity contribution is 0.575. The monoisotopic (exact) mass is 284 g/mol. The average molecular weight is 284 g/mol. The van der Waals surface area contributed by atoms with Crippen LogP contribution in [-0.2, 0) is 13.1 Å². The number of halogens is 2. The first-order valence-corrected chi connectivity index (χ1v) is 6.71. The van der Waals surface area contributed by atoms with Gasteiger partial charge in [-0.05, 0) is 29.3 Å². The molecule has 3 rings (SSSR count). The molecule has 0 aliphatic heterocycles. The molecule has 0 aliphatic rings. The predicted octanol–water partition coefficient (Wildman–Crippen LogP) is 3.80. The van der Waals surface area contributed by atoms with E-state index in [1.807, 2.05) is 30.3 Å². The van der Waals surface area contributed by atoms with Crippen molar-refractivity contribution in [2.24, 2.45) is 0 Å². The Morgan fingerprint density at radius 2 is 1.67 bits per heavy atom. The largest absolute Gasteiger partial charge is 0.309 e. The third kappa shape index (κ3) is 3.23. The van der Waals surface area contributed by atoms with Crippen molar-refractivity contribution in [2.75, 3.05) is 0 Å². The van der Waals surface area contributed by atoms with Crippen molar-refractivity contribution in [3.63, 3.8) is 0 Å². The molecule has 0 atom stereocenters. The molecule has 2 aromatic carbocycles. The van der Waals surface area contributed by atoms with E-state index in [0.29, 0.717) is 18.7 Å². The SMILES string of the molecule is Fc1cc(F)cc(CNCc2cccc3cccnc23)c1. The van der Waals surface area contributed by atoms with Crippen LogP contribution in [-0.4, -0.2) is 4.98 Å². The van der Waals surface area contributed by atoms with Gasteiger partial charge in [-0.15, -0.1) is 0 Å². The molecule has 1 heterocycles. The van der Waals surface area contributed by atoms with E-state index in [1.54, 1.807) is 6.20 Å². The van der Waals surface area contributed by atoms with Crippen LogP contribution < -0.4 is 5.32 Å². The molecule has 0 amide bonds. The Hall–Kier alpha value is -2.33. The Morgan fingerprint density at radius 1 is 0.905 bits per heavy atom. The normalized spacial score (nSPS) is 11.0. The zero-order valence-electron chi connectivity index (χ0n) is 11.3. The lowest BCUT2D eigenvalue weighted by atomic mass is 10.1. The van der Waals surface area contributed by atoms with Gasteiger partial charge in [0, 0.05) is 30.7 Å². The first-order chi connectivity index (χ1) is 10.2. The van der Waals surface area contributed by atoms with E-state index in [9.17, 15) is 8.78 Å². The van der Waals surface area contributed by atoms with E-state index in [-0.39, 0.29) is 0 Å². The number of nitrogens with one attached hydrogen (secondary N) is 1. The number of aromatic nitrogens is 1. The number of rotatable bonds is 4. The van der Waals surface area contributed by atoms with Crippen molar-refractivity contribution >= 4 is 10.9 Å². The quantitative estimate of drug-likeness (QED) is 0.788. The van der Waals surface area contributed by atoms with Gasteiger partial charge in [0.05, 0.1) is 5.52 Å². The van der Waals surface area contributed by atoms with E-state index < -0.39 is 11.6 Å². The molecular formula is C17H14F2N2. The van der Waals surface area contributed by atoms with E-state index in [4.69, 9.17) is 0 Å². The molecule has 0 spiro atoms. The zero-order valence-corrected chi connectivity index (χ0v) is 11.3. The van der Waals surface area contributed by atoms with E-state index in [1.165, 1.54) is 12.1 Å². The molecule has 0 bridgehead atoms. The molecule has 4 heteroatoms. The van der Waals surface area contributed by atoms with E-state index in [0.717, 1.165) is 22.5 Å². The number of benzene rings is 2. The average Bonchev–Trinajstić information content (AvgIpc) is 2.46. The number of fused-ring (bicyclic) bond motifs is 1. The summed E-state index contributed by atoms with van der Waals surface area (Å²) in [6, 6.07) is 13.4. The van der Waals surface area contributed by atoms with Gasteiger partial charge in [-0.25, -0.2) is 8.78 Å². The smallest absolute Gasteiger partial charge is 0.126 e. The van der Waals surface area contributed by atoms with Crippen LogP contribution in [0.5, 0.6) is 0 Å². The van der Waals surface area contributed by atoms with Crippen LogP contribution in [0.15, 0.2) is 54.7 Å². The molecule has 0 aliphatic carbocycles. The van der Waals surface area contributed by atoms with Crippen molar-refractivity contribution < 1.29 is 8.78 Å². The predicted molar refractivity (Wildman–Crippen MR) is 78.6 cm³/mol. The van der Waals surface area contributed by atoms with Gasteiger partial charge >= 0.3 is 0 Å². The molecule has 1 N–H and O–H groups in total. The molecule has 2 nitrogen and oxygen atoms in total. The van der Waals surface area contributed by atoms with Crippen LogP contribution in [0, 0.1) is 11.6 Å². The van der Waals surface area contributed by atoms with Crippen molar-refractivity contribution in [2.45, 2.75) is 13.1 Å². The van der Waals surface area contributed by atoms with Gasteiger partial charge in [0.15, 0.2) is 0 Å². The van der Waals surface area contributed by atoms with E-state index in [2.05, 4.69) is 10.3 Å². The van der Waals surface area contributed by atoms with Crippen LogP contribution >= 0.6 is 0 Å². The number of para-hydroxylation sites is 1. The lowest BCUT2D eigenvalue weighted by Gasteiger charge is -2.08. The Kier molecular flexibility index (Phi) is 3.88. The van der Waals surface area contributed by atoms with E-state index >= 15 is 0 Å². The topological polar surface area (TPSA) is 24.9 Å². The second kappa shape index (κ2) is 5.97. The summed E-state index contributed by atoms with van der Waals surface area (Å²) in [5.74, 6) is -1.11. The van der Waals surface area contributed by atoms with Gasteiger partial charge in [-0.1, -0.05) is 24.3 Å². The van der Waals surface area contributed by atoms with Crippen LogP contribution in [0.1, 0.15) is 11.1 Å². The summed E-state index contributed by atoms with van der Waals surface area (Å²) in [7, 11) is 0. The van der Waals surface area contributed by atoms with Gasteiger partial charge in [0.2, 0.25) is 0 Å². The highest BCUT2D eigenvalue weighted by molar-refractivity contribution is 5.81. The highest BCUT2D eigenvalue weighted by Gasteiger charge is 2.03. The summed E-state index contributed by atoms with van der Waals surface area (Å²) in [4.78, 5) is 4.38. The highest BCUT2D eigenvalue weighted by Crippen LogP contribution is 2.16. The fraction of sp³-hybridized carbons (Fsp3) is 0.118. The van der Waals surface area contributed by atoms with Gasteiger partial charge in [0.1, 0.15) is 11.6 Å². The summed E-state index contributed by atoms with van der Waals surface area (Å²) in [5, 5.41) is 4.27. The van der Waals surface area contributed by atoms with Crippen LogP contribution in [0.4, 0.5) is 8.78 Å². The third-order valence-corrected chi connectivity index (χ3v) is 3.28. The summed E-state index contributed by atoms with van der Waals surface area (Å²) < 4.78 is 26.2. The second-order valence-electron chi connectivity index (χ2n) is 4.87. The van der Waals surface area contributed by atoms with Crippen molar-refractivity contribution in [3.05, 3.63) is 77.5 Å². The first-order valence-electron chi connectivity index (χ1n) is 6.71. The fourth-order valence-electron chi connectivity index (χ4n) is 2.36.